The van der Waals surface area contributed by atoms with E-state index in [0.717, 1.165) is 29.1 Å². The average molecular weight is 392 g/mol. The van der Waals surface area contributed by atoms with Gasteiger partial charge in [0.25, 0.3) is 0 Å². The van der Waals surface area contributed by atoms with Gasteiger partial charge in [-0.2, -0.15) is 0 Å². The molecule has 0 unspecified atom stereocenters. The second-order valence-corrected chi connectivity index (χ2v) is 7.89. The van der Waals surface area contributed by atoms with Gasteiger partial charge >= 0.3 is 0 Å². The largest absolute Gasteiger partial charge is 0.497 e. The molecular weight excluding hydrogens is 370 g/mol. The lowest BCUT2D eigenvalue weighted by atomic mass is 9.90. The summed E-state index contributed by atoms with van der Waals surface area (Å²) in [7, 11) is 1.64. The topological polar surface area (TPSA) is 47.6 Å². The Morgan fingerprint density at radius 3 is 2.81 bits per heavy atom. The minimum atomic E-state index is -0.347. The van der Waals surface area contributed by atoms with Crippen molar-refractivity contribution in [2.45, 2.75) is 23.3 Å². The van der Waals surface area contributed by atoms with Crippen LogP contribution in [0.4, 0.5) is 0 Å². The lowest BCUT2D eigenvalue weighted by Crippen LogP contribution is -2.51. The van der Waals surface area contributed by atoms with Crippen LogP contribution in [0, 0.1) is 0 Å². The first kappa shape index (κ1) is 19.1. The maximum atomic E-state index is 12.5. The highest BCUT2D eigenvalue weighted by molar-refractivity contribution is 8.00. The van der Waals surface area contributed by atoms with E-state index in [1.165, 1.54) is 11.8 Å². The Morgan fingerprint density at radius 2 is 2.12 bits per heavy atom. The zero-order valence-corrected chi connectivity index (χ0v) is 16.2. The van der Waals surface area contributed by atoms with Crippen LogP contribution in [0.2, 0.25) is 5.02 Å². The molecule has 3 rings (SSSR count). The summed E-state index contributed by atoms with van der Waals surface area (Å²) in [5.74, 6) is 1.16. The first-order chi connectivity index (χ1) is 12.6. The SMILES string of the molecule is COc1cccc(SCC(=O)N[C@]2(Cc3ccc(Cl)cc3)CCOC2)c1. The summed E-state index contributed by atoms with van der Waals surface area (Å²) in [4.78, 5) is 13.5. The minimum Gasteiger partial charge on any atom is -0.497 e. The summed E-state index contributed by atoms with van der Waals surface area (Å²) in [6, 6.07) is 15.5. The van der Waals surface area contributed by atoms with E-state index >= 15 is 0 Å². The zero-order valence-electron chi connectivity index (χ0n) is 14.7. The fourth-order valence-electron chi connectivity index (χ4n) is 3.05. The van der Waals surface area contributed by atoms with E-state index in [2.05, 4.69) is 5.32 Å². The number of ether oxygens (including phenoxy) is 2. The first-order valence-corrected chi connectivity index (χ1v) is 9.85. The fourth-order valence-corrected chi connectivity index (χ4v) is 3.92. The molecular formula is C20H22ClNO3S. The van der Waals surface area contributed by atoms with Crippen molar-refractivity contribution < 1.29 is 14.3 Å². The molecule has 0 bridgehead atoms. The smallest absolute Gasteiger partial charge is 0.230 e. The number of carbonyl (C=O) groups excluding carboxylic acids is 1. The maximum Gasteiger partial charge on any atom is 0.230 e. The molecule has 1 aliphatic rings. The quantitative estimate of drug-likeness (QED) is 0.726. The Kier molecular flexibility index (Phi) is 6.46. The van der Waals surface area contributed by atoms with Crippen LogP contribution in [0.5, 0.6) is 5.75 Å². The Morgan fingerprint density at radius 1 is 1.31 bits per heavy atom. The van der Waals surface area contributed by atoms with Crippen molar-refractivity contribution in [3.05, 3.63) is 59.1 Å². The molecule has 2 aromatic carbocycles. The molecule has 2 aromatic rings. The number of hydrogen-bond acceptors (Lipinski definition) is 4. The maximum absolute atomic E-state index is 12.5. The number of amides is 1. The fraction of sp³-hybridized carbons (Fsp3) is 0.350. The van der Waals surface area contributed by atoms with Crippen molar-refractivity contribution in [1.82, 2.24) is 5.32 Å². The number of carbonyl (C=O) groups is 1. The van der Waals surface area contributed by atoms with Crippen LogP contribution in [-0.4, -0.2) is 37.5 Å². The molecule has 138 valence electrons. The molecule has 0 radical (unpaired) electrons. The van der Waals surface area contributed by atoms with Crippen LogP contribution in [0.3, 0.4) is 0 Å². The summed E-state index contributed by atoms with van der Waals surface area (Å²) in [6.07, 6.45) is 1.55. The molecule has 0 aromatic heterocycles. The Balaban J connectivity index is 1.60. The van der Waals surface area contributed by atoms with Crippen molar-refractivity contribution in [2.75, 3.05) is 26.1 Å². The molecule has 1 aliphatic heterocycles. The van der Waals surface area contributed by atoms with Crippen LogP contribution in [-0.2, 0) is 16.0 Å². The van der Waals surface area contributed by atoms with Crippen molar-refractivity contribution >= 4 is 29.3 Å². The summed E-state index contributed by atoms with van der Waals surface area (Å²) < 4.78 is 10.8. The Hall–Kier alpha value is -1.69. The highest BCUT2D eigenvalue weighted by Crippen LogP contribution is 2.26. The second-order valence-electron chi connectivity index (χ2n) is 6.40. The molecule has 26 heavy (non-hydrogen) atoms. The van der Waals surface area contributed by atoms with E-state index in [1.54, 1.807) is 7.11 Å². The number of rotatable bonds is 7. The van der Waals surface area contributed by atoms with Gasteiger partial charge in [0, 0.05) is 16.5 Å². The normalized spacial score (nSPS) is 19.3. The monoisotopic (exact) mass is 391 g/mol. The second kappa shape index (κ2) is 8.80. The van der Waals surface area contributed by atoms with Crippen LogP contribution < -0.4 is 10.1 Å². The van der Waals surface area contributed by atoms with Gasteiger partial charge < -0.3 is 14.8 Å². The zero-order chi connectivity index (χ0) is 18.4. The van der Waals surface area contributed by atoms with Crippen molar-refractivity contribution in [3.8, 4) is 5.75 Å². The first-order valence-electron chi connectivity index (χ1n) is 8.49. The van der Waals surface area contributed by atoms with E-state index < -0.39 is 0 Å². The average Bonchev–Trinajstić information content (AvgIpc) is 3.10. The summed E-state index contributed by atoms with van der Waals surface area (Å²) in [6.45, 7) is 1.20. The van der Waals surface area contributed by atoms with E-state index in [-0.39, 0.29) is 11.4 Å². The van der Waals surface area contributed by atoms with Gasteiger partial charge in [0.1, 0.15) is 5.75 Å². The lowest BCUT2D eigenvalue weighted by Gasteiger charge is -2.29. The molecule has 1 N–H and O–H groups in total. The van der Waals surface area contributed by atoms with Gasteiger partial charge in [-0.1, -0.05) is 29.8 Å². The summed E-state index contributed by atoms with van der Waals surface area (Å²) in [5.41, 5.74) is 0.792. The molecule has 6 heteroatoms. The summed E-state index contributed by atoms with van der Waals surface area (Å²) >= 11 is 7.46. The standard InChI is InChI=1S/C20H22ClNO3S/c1-24-17-3-2-4-18(11-17)26-13-19(23)22-20(9-10-25-14-20)12-15-5-7-16(21)8-6-15/h2-8,11H,9-10,12-14H2,1H3,(H,22,23)/t20-/m0/s1. The molecule has 1 heterocycles. The van der Waals surface area contributed by atoms with E-state index in [0.29, 0.717) is 24.0 Å². The number of benzene rings is 2. The molecule has 0 aliphatic carbocycles. The van der Waals surface area contributed by atoms with Crippen molar-refractivity contribution in [3.63, 3.8) is 0 Å². The molecule has 4 nitrogen and oxygen atoms in total. The molecule has 0 saturated carbocycles. The third-order valence-corrected chi connectivity index (χ3v) is 5.62. The van der Waals surface area contributed by atoms with Gasteiger partial charge in [0.2, 0.25) is 5.91 Å². The lowest BCUT2D eigenvalue weighted by molar-refractivity contribution is -0.120. The molecule has 0 spiro atoms. The van der Waals surface area contributed by atoms with Crippen molar-refractivity contribution in [2.24, 2.45) is 0 Å². The Labute approximate surface area is 163 Å². The van der Waals surface area contributed by atoms with Gasteiger partial charge in [-0.3, -0.25) is 4.79 Å². The third-order valence-electron chi connectivity index (χ3n) is 4.37. The predicted molar refractivity (Wildman–Crippen MR) is 105 cm³/mol. The van der Waals surface area contributed by atoms with Crippen LogP contribution in [0.1, 0.15) is 12.0 Å². The number of hydrogen-bond donors (Lipinski definition) is 1. The van der Waals surface area contributed by atoms with Gasteiger partial charge in [-0.05, 0) is 48.7 Å². The van der Waals surface area contributed by atoms with Crippen LogP contribution in [0.15, 0.2) is 53.4 Å². The number of thioether (sulfide) groups is 1. The molecule has 1 saturated heterocycles. The molecule has 1 amide bonds. The Bertz CT molecular complexity index is 745. The van der Waals surface area contributed by atoms with Crippen LogP contribution >= 0.6 is 23.4 Å². The highest BCUT2D eigenvalue weighted by atomic mass is 35.5. The number of halogens is 1. The van der Waals surface area contributed by atoms with E-state index in [4.69, 9.17) is 21.1 Å². The van der Waals surface area contributed by atoms with Gasteiger partial charge in [-0.15, -0.1) is 11.8 Å². The highest BCUT2D eigenvalue weighted by Gasteiger charge is 2.36. The van der Waals surface area contributed by atoms with Gasteiger partial charge in [-0.25, -0.2) is 0 Å². The predicted octanol–water partition coefficient (Wildman–Crippen LogP) is 3.96. The van der Waals surface area contributed by atoms with Gasteiger partial charge in [0.15, 0.2) is 0 Å². The van der Waals surface area contributed by atoms with Gasteiger partial charge in [0.05, 0.1) is 25.0 Å². The van der Waals surface area contributed by atoms with E-state index in [9.17, 15) is 4.79 Å². The number of methoxy groups -OCH3 is 1. The van der Waals surface area contributed by atoms with Crippen LogP contribution in [0.25, 0.3) is 0 Å². The molecule has 1 atom stereocenters. The number of nitrogens with one attached hydrogen (secondary N) is 1. The molecule has 1 fully saturated rings. The van der Waals surface area contributed by atoms with E-state index in [1.807, 2.05) is 48.5 Å². The van der Waals surface area contributed by atoms with Crippen molar-refractivity contribution in [1.29, 1.82) is 0 Å². The third kappa shape index (κ3) is 5.16. The summed E-state index contributed by atoms with van der Waals surface area (Å²) in [5, 5.41) is 3.92. The minimum absolute atomic E-state index is 0.0114.